The second kappa shape index (κ2) is 8.09. The Morgan fingerprint density at radius 3 is 2.81 bits per heavy atom. The summed E-state index contributed by atoms with van der Waals surface area (Å²) >= 11 is 0. The van der Waals surface area contributed by atoms with Gasteiger partial charge in [0.1, 0.15) is 23.8 Å². The lowest BCUT2D eigenvalue weighted by Crippen LogP contribution is -2.28. The van der Waals surface area contributed by atoms with Gasteiger partial charge in [0.05, 0.1) is 12.6 Å². The van der Waals surface area contributed by atoms with Gasteiger partial charge in [-0.05, 0) is 32.0 Å². The molecular formula is C18H25N5O3. The second-order valence-corrected chi connectivity index (χ2v) is 6.22. The van der Waals surface area contributed by atoms with Crippen molar-refractivity contribution >= 4 is 22.8 Å². The number of H-pyrrole nitrogens is 1. The van der Waals surface area contributed by atoms with E-state index in [0.717, 1.165) is 30.5 Å². The molecule has 2 aromatic rings. The Morgan fingerprint density at radius 2 is 2.12 bits per heavy atom. The number of guanidine groups is 1. The highest BCUT2D eigenvalue weighted by atomic mass is 16.5. The fourth-order valence-electron chi connectivity index (χ4n) is 3.07. The molecule has 4 N–H and O–H groups in total. The van der Waals surface area contributed by atoms with Crippen LogP contribution in [-0.2, 0) is 0 Å². The van der Waals surface area contributed by atoms with Crippen LogP contribution >= 0.6 is 0 Å². The molecule has 3 rings (SSSR count). The molecule has 1 saturated heterocycles. The second-order valence-electron chi connectivity index (χ2n) is 6.22. The highest BCUT2D eigenvalue weighted by Gasteiger charge is 2.15. The van der Waals surface area contributed by atoms with E-state index in [2.05, 4.69) is 20.2 Å². The molecule has 0 unspecified atom stereocenters. The molecule has 0 spiro atoms. The van der Waals surface area contributed by atoms with Gasteiger partial charge in [0.2, 0.25) is 0 Å². The highest BCUT2D eigenvalue weighted by Crippen LogP contribution is 2.32. The van der Waals surface area contributed by atoms with Crippen molar-refractivity contribution in [1.29, 1.82) is 0 Å². The monoisotopic (exact) mass is 359 g/mol. The molecule has 1 aliphatic heterocycles. The minimum atomic E-state index is -0.452. The van der Waals surface area contributed by atoms with E-state index in [9.17, 15) is 4.79 Å². The first-order chi connectivity index (χ1) is 12.6. The topological polar surface area (TPSA) is 105 Å². The predicted octanol–water partition coefficient (Wildman–Crippen LogP) is 1.33. The third-order valence-electron chi connectivity index (χ3n) is 4.48. The molecule has 140 valence electrons. The zero-order valence-corrected chi connectivity index (χ0v) is 15.2. The van der Waals surface area contributed by atoms with E-state index in [1.54, 1.807) is 20.2 Å². The number of hydrogen-bond donors (Lipinski definition) is 3. The number of nitrogens with one attached hydrogen (secondary N) is 2. The Bertz CT molecular complexity index is 809. The minimum Gasteiger partial charge on any atom is -0.496 e. The highest BCUT2D eigenvalue weighted by molar-refractivity contribution is 6.04. The zero-order chi connectivity index (χ0) is 18.5. The number of carbonyl (C=O) groups is 1. The molecule has 1 aromatic carbocycles. The number of nitrogens with two attached hydrogens (primary N) is 1. The van der Waals surface area contributed by atoms with Gasteiger partial charge in [-0.1, -0.05) is 0 Å². The molecule has 0 aliphatic carbocycles. The molecular weight excluding hydrogens is 334 g/mol. The van der Waals surface area contributed by atoms with Gasteiger partial charge in [0, 0.05) is 31.1 Å². The number of carbonyl (C=O) groups excluding carboxylic acids is 1. The van der Waals surface area contributed by atoms with Gasteiger partial charge in [-0.3, -0.25) is 9.69 Å². The van der Waals surface area contributed by atoms with Gasteiger partial charge in [0.15, 0.2) is 5.96 Å². The summed E-state index contributed by atoms with van der Waals surface area (Å²) in [5.41, 5.74) is 6.64. The van der Waals surface area contributed by atoms with Crippen molar-refractivity contribution in [3.63, 3.8) is 0 Å². The first-order valence-electron chi connectivity index (χ1n) is 8.73. The maximum absolute atomic E-state index is 12.2. The number of hydrogen-bond acceptors (Lipinski definition) is 4. The number of aliphatic imine (C=N–C) groups is 1. The SMILES string of the molecule is CNC(N)=NC(=O)c1cc2c(OC)cc(OCCN3CCCC3)cc2[nH]1. The number of fused-ring (bicyclic) bond motifs is 1. The Morgan fingerprint density at radius 1 is 1.35 bits per heavy atom. The fraction of sp³-hybridized carbons (Fsp3) is 0.444. The molecule has 1 aliphatic rings. The molecule has 1 fully saturated rings. The quantitative estimate of drug-likeness (QED) is 0.531. The summed E-state index contributed by atoms with van der Waals surface area (Å²) in [6.07, 6.45) is 2.53. The van der Waals surface area contributed by atoms with Crippen molar-refractivity contribution in [1.82, 2.24) is 15.2 Å². The normalized spacial score (nSPS) is 15.4. The van der Waals surface area contributed by atoms with E-state index < -0.39 is 5.91 Å². The summed E-state index contributed by atoms with van der Waals surface area (Å²) in [6.45, 7) is 3.81. The minimum absolute atomic E-state index is 0.0616. The summed E-state index contributed by atoms with van der Waals surface area (Å²) in [4.78, 5) is 21.4. The number of likely N-dealkylation sites (tertiary alicyclic amines) is 1. The molecule has 1 aromatic heterocycles. The van der Waals surface area contributed by atoms with E-state index in [0.29, 0.717) is 23.8 Å². The Kier molecular flexibility index (Phi) is 5.62. The van der Waals surface area contributed by atoms with Crippen LogP contribution in [0.1, 0.15) is 23.3 Å². The summed E-state index contributed by atoms with van der Waals surface area (Å²) in [5.74, 6) is 0.949. The first kappa shape index (κ1) is 18.1. The van der Waals surface area contributed by atoms with E-state index >= 15 is 0 Å². The smallest absolute Gasteiger partial charge is 0.296 e. The maximum atomic E-state index is 12.2. The standard InChI is InChI=1S/C18H25N5O3/c1-20-18(19)22-17(24)15-11-13-14(21-15)9-12(10-16(13)25-2)26-8-7-23-5-3-4-6-23/h9-11,21H,3-8H2,1-2H3,(H3,19,20,22,24). The predicted molar refractivity (Wildman–Crippen MR) is 101 cm³/mol. The molecule has 26 heavy (non-hydrogen) atoms. The van der Waals surface area contributed by atoms with Crippen LogP contribution in [0.15, 0.2) is 23.2 Å². The number of benzene rings is 1. The number of ether oxygens (including phenoxy) is 2. The van der Waals surface area contributed by atoms with E-state index in [4.69, 9.17) is 15.2 Å². The van der Waals surface area contributed by atoms with Crippen LogP contribution in [0, 0.1) is 0 Å². The molecule has 0 saturated carbocycles. The van der Waals surface area contributed by atoms with Crippen molar-refractivity contribution in [2.45, 2.75) is 12.8 Å². The average Bonchev–Trinajstić information content (AvgIpc) is 3.30. The van der Waals surface area contributed by atoms with Crippen LogP contribution in [0.3, 0.4) is 0 Å². The van der Waals surface area contributed by atoms with Crippen molar-refractivity contribution in [2.24, 2.45) is 10.7 Å². The Labute approximate surface area is 152 Å². The van der Waals surface area contributed by atoms with Crippen molar-refractivity contribution < 1.29 is 14.3 Å². The van der Waals surface area contributed by atoms with E-state index in [1.807, 2.05) is 12.1 Å². The summed E-state index contributed by atoms with van der Waals surface area (Å²) < 4.78 is 11.3. The van der Waals surface area contributed by atoms with Crippen LogP contribution in [0.2, 0.25) is 0 Å². The molecule has 0 radical (unpaired) electrons. The maximum Gasteiger partial charge on any atom is 0.296 e. The van der Waals surface area contributed by atoms with Gasteiger partial charge in [-0.15, -0.1) is 0 Å². The summed E-state index contributed by atoms with van der Waals surface area (Å²) in [7, 11) is 3.19. The molecule has 2 heterocycles. The molecule has 0 atom stereocenters. The van der Waals surface area contributed by atoms with Gasteiger partial charge in [-0.25, -0.2) is 0 Å². The molecule has 8 heteroatoms. The number of methoxy groups -OCH3 is 1. The zero-order valence-electron chi connectivity index (χ0n) is 15.2. The fourth-order valence-corrected chi connectivity index (χ4v) is 3.07. The number of amides is 1. The first-order valence-corrected chi connectivity index (χ1v) is 8.73. The van der Waals surface area contributed by atoms with Gasteiger partial charge in [-0.2, -0.15) is 4.99 Å². The third-order valence-corrected chi connectivity index (χ3v) is 4.48. The average molecular weight is 359 g/mol. The van der Waals surface area contributed by atoms with E-state index in [1.165, 1.54) is 12.8 Å². The van der Waals surface area contributed by atoms with Crippen molar-refractivity contribution in [2.75, 3.05) is 40.4 Å². The van der Waals surface area contributed by atoms with Crippen LogP contribution in [0.5, 0.6) is 11.5 Å². The molecule has 8 nitrogen and oxygen atoms in total. The lowest BCUT2D eigenvalue weighted by Gasteiger charge is -2.15. The van der Waals surface area contributed by atoms with Gasteiger partial charge in [0.25, 0.3) is 5.91 Å². The largest absolute Gasteiger partial charge is 0.496 e. The summed E-state index contributed by atoms with van der Waals surface area (Å²) in [6, 6.07) is 5.40. The summed E-state index contributed by atoms with van der Waals surface area (Å²) in [5, 5.41) is 3.41. The Hall–Kier alpha value is -2.74. The van der Waals surface area contributed by atoms with Gasteiger partial charge < -0.3 is 25.5 Å². The van der Waals surface area contributed by atoms with Crippen molar-refractivity contribution in [3.8, 4) is 11.5 Å². The van der Waals surface area contributed by atoms with Crippen LogP contribution in [0.4, 0.5) is 0 Å². The van der Waals surface area contributed by atoms with Crippen LogP contribution in [-0.4, -0.2) is 62.1 Å². The third kappa shape index (κ3) is 4.08. The molecule has 0 bridgehead atoms. The van der Waals surface area contributed by atoms with Crippen LogP contribution < -0.4 is 20.5 Å². The molecule has 1 amide bonds. The van der Waals surface area contributed by atoms with Crippen molar-refractivity contribution in [3.05, 3.63) is 23.9 Å². The number of rotatable bonds is 6. The van der Waals surface area contributed by atoms with E-state index in [-0.39, 0.29) is 5.96 Å². The van der Waals surface area contributed by atoms with Crippen LogP contribution in [0.25, 0.3) is 10.9 Å². The Balaban J connectivity index is 1.77. The number of nitrogens with zero attached hydrogens (tertiary/aromatic N) is 2. The lowest BCUT2D eigenvalue weighted by molar-refractivity contribution is 0.0998. The van der Waals surface area contributed by atoms with Gasteiger partial charge >= 0.3 is 0 Å². The number of aromatic amines is 1. The number of aromatic nitrogens is 1. The lowest BCUT2D eigenvalue weighted by atomic mass is 10.2.